The van der Waals surface area contributed by atoms with Crippen LogP contribution in [0.2, 0.25) is 0 Å². The van der Waals surface area contributed by atoms with Crippen LogP contribution in [0.25, 0.3) is 0 Å². The van der Waals surface area contributed by atoms with Gasteiger partial charge in [-0.2, -0.15) is 0 Å². The second-order valence-electron chi connectivity index (χ2n) is 3.91. The number of nitrogens with one attached hydrogen (secondary N) is 3. The van der Waals surface area contributed by atoms with E-state index in [1.165, 1.54) is 0 Å². The van der Waals surface area contributed by atoms with Crippen molar-refractivity contribution in [2.45, 2.75) is 18.2 Å². The van der Waals surface area contributed by atoms with E-state index in [9.17, 15) is 18.0 Å². The highest BCUT2D eigenvalue weighted by Crippen LogP contribution is 2.02. The van der Waals surface area contributed by atoms with Gasteiger partial charge < -0.3 is 10.1 Å². The molecule has 0 bridgehead atoms. The molecule has 18 heavy (non-hydrogen) atoms. The highest BCUT2D eigenvalue weighted by atomic mass is 32.2. The van der Waals surface area contributed by atoms with E-state index in [1.54, 1.807) is 6.92 Å². The van der Waals surface area contributed by atoms with Crippen LogP contribution in [0.1, 0.15) is 13.3 Å². The van der Waals surface area contributed by atoms with E-state index in [0.29, 0.717) is 6.42 Å². The van der Waals surface area contributed by atoms with Crippen molar-refractivity contribution >= 4 is 10.0 Å². The molecule has 0 amide bonds. The molecular formula is C9H15N3O5S. The van der Waals surface area contributed by atoms with Gasteiger partial charge in [-0.05, 0) is 12.3 Å². The molecule has 0 aliphatic heterocycles. The number of aliphatic hydroxyl groups is 1. The first-order valence-corrected chi connectivity index (χ1v) is 6.77. The van der Waals surface area contributed by atoms with Crippen molar-refractivity contribution in [3.05, 3.63) is 27.0 Å². The minimum atomic E-state index is -3.97. The van der Waals surface area contributed by atoms with Crippen LogP contribution in [0.3, 0.4) is 0 Å². The van der Waals surface area contributed by atoms with E-state index in [2.05, 4.69) is 9.71 Å². The Morgan fingerprint density at radius 1 is 1.44 bits per heavy atom. The van der Waals surface area contributed by atoms with Crippen LogP contribution in [0, 0.1) is 5.92 Å². The Bertz CT molecular complexity index is 603. The van der Waals surface area contributed by atoms with E-state index in [-0.39, 0.29) is 19.1 Å². The van der Waals surface area contributed by atoms with Crippen molar-refractivity contribution in [3.8, 4) is 0 Å². The van der Waals surface area contributed by atoms with E-state index in [0.717, 1.165) is 6.20 Å². The van der Waals surface area contributed by atoms with Crippen LogP contribution < -0.4 is 16.0 Å². The summed E-state index contributed by atoms with van der Waals surface area (Å²) in [5.41, 5.74) is -1.74. The Balaban J connectivity index is 2.87. The van der Waals surface area contributed by atoms with Crippen molar-refractivity contribution < 1.29 is 13.5 Å². The lowest BCUT2D eigenvalue weighted by Gasteiger charge is -2.10. The second kappa shape index (κ2) is 5.94. The lowest BCUT2D eigenvalue weighted by atomic mass is 10.1. The van der Waals surface area contributed by atoms with Crippen molar-refractivity contribution in [1.82, 2.24) is 14.7 Å². The minimum absolute atomic E-state index is 0.0395. The fourth-order valence-electron chi connectivity index (χ4n) is 1.25. The zero-order chi connectivity index (χ0) is 13.8. The number of aromatic amines is 2. The molecule has 0 saturated carbocycles. The van der Waals surface area contributed by atoms with Gasteiger partial charge in [-0.25, -0.2) is 17.9 Å². The van der Waals surface area contributed by atoms with Gasteiger partial charge in [0.2, 0.25) is 10.0 Å². The maximum atomic E-state index is 11.8. The molecule has 0 aliphatic rings. The summed E-state index contributed by atoms with van der Waals surface area (Å²) in [6.45, 7) is 1.82. The number of hydrogen-bond acceptors (Lipinski definition) is 5. The second-order valence-corrected chi connectivity index (χ2v) is 5.64. The monoisotopic (exact) mass is 277 g/mol. The lowest BCUT2D eigenvalue weighted by molar-refractivity contribution is 0.263. The fraction of sp³-hybridized carbons (Fsp3) is 0.556. The molecule has 4 N–H and O–H groups in total. The van der Waals surface area contributed by atoms with E-state index >= 15 is 0 Å². The van der Waals surface area contributed by atoms with Crippen LogP contribution in [-0.4, -0.2) is 36.6 Å². The highest BCUT2D eigenvalue weighted by molar-refractivity contribution is 7.89. The van der Waals surface area contributed by atoms with Gasteiger partial charge in [-0.3, -0.25) is 9.78 Å². The first-order valence-electron chi connectivity index (χ1n) is 5.29. The molecule has 8 nitrogen and oxygen atoms in total. The third-order valence-electron chi connectivity index (χ3n) is 2.32. The Morgan fingerprint density at radius 3 is 2.67 bits per heavy atom. The van der Waals surface area contributed by atoms with Crippen molar-refractivity contribution in [2.75, 3.05) is 13.2 Å². The fourth-order valence-corrected chi connectivity index (χ4v) is 2.42. The molecule has 1 atom stereocenters. The van der Waals surface area contributed by atoms with Crippen LogP contribution in [-0.2, 0) is 10.0 Å². The molecule has 0 fully saturated rings. The van der Waals surface area contributed by atoms with Crippen LogP contribution in [0.15, 0.2) is 20.7 Å². The summed E-state index contributed by atoms with van der Waals surface area (Å²) < 4.78 is 25.8. The summed E-state index contributed by atoms with van der Waals surface area (Å²) >= 11 is 0. The number of hydrogen-bond donors (Lipinski definition) is 4. The Labute approximate surface area is 103 Å². The molecule has 1 rings (SSSR count). The van der Waals surface area contributed by atoms with Crippen molar-refractivity contribution in [3.63, 3.8) is 0 Å². The molecule has 1 aromatic heterocycles. The number of aliphatic hydroxyl groups excluding tert-OH is 1. The normalized spacial score (nSPS) is 13.4. The number of H-pyrrole nitrogens is 2. The number of aromatic nitrogens is 2. The van der Waals surface area contributed by atoms with E-state index in [1.807, 2.05) is 4.98 Å². The zero-order valence-corrected chi connectivity index (χ0v) is 10.6. The molecular weight excluding hydrogens is 262 g/mol. The van der Waals surface area contributed by atoms with Gasteiger partial charge in [0.05, 0.1) is 0 Å². The van der Waals surface area contributed by atoms with Gasteiger partial charge in [0.1, 0.15) is 0 Å². The lowest BCUT2D eigenvalue weighted by Crippen LogP contribution is -2.35. The summed E-state index contributed by atoms with van der Waals surface area (Å²) in [6, 6.07) is 0. The third kappa shape index (κ3) is 3.79. The third-order valence-corrected chi connectivity index (χ3v) is 3.75. The summed E-state index contributed by atoms with van der Waals surface area (Å²) in [7, 11) is -3.97. The van der Waals surface area contributed by atoms with Gasteiger partial charge >= 0.3 is 5.69 Å². The van der Waals surface area contributed by atoms with Gasteiger partial charge in [-0.15, -0.1) is 0 Å². The van der Waals surface area contributed by atoms with Crippen LogP contribution in [0.4, 0.5) is 0 Å². The Kier molecular flexibility index (Phi) is 4.82. The first-order chi connectivity index (χ1) is 8.36. The molecule has 1 aromatic rings. The molecule has 102 valence electrons. The number of rotatable bonds is 6. The smallest absolute Gasteiger partial charge is 0.325 e. The molecule has 9 heteroatoms. The minimum Gasteiger partial charge on any atom is -0.396 e. The summed E-state index contributed by atoms with van der Waals surface area (Å²) in [5.74, 6) is -0.0633. The summed E-state index contributed by atoms with van der Waals surface area (Å²) in [4.78, 5) is 25.5. The first kappa shape index (κ1) is 14.6. The molecule has 0 radical (unpaired) electrons. The SMILES string of the molecule is CC(CCO)CNS(=O)(=O)c1c[nH]c(=O)[nH]c1=O. The van der Waals surface area contributed by atoms with E-state index in [4.69, 9.17) is 5.11 Å². The maximum absolute atomic E-state index is 11.8. The van der Waals surface area contributed by atoms with Crippen molar-refractivity contribution in [2.24, 2.45) is 5.92 Å². The average Bonchev–Trinajstić information content (AvgIpc) is 2.26. The van der Waals surface area contributed by atoms with Crippen molar-refractivity contribution in [1.29, 1.82) is 0 Å². The van der Waals surface area contributed by atoms with Crippen LogP contribution in [0.5, 0.6) is 0 Å². The standard InChI is InChI=1S/C9H15N3O5S/c1-6(2-3-13)4-11-18(16,17)7-5-10-9(15)12-8(7)14/h5-6,11,13H,2-4H2,1H3,(H2,10,12,14,15). The van der Waals surface area contributed by atoms with Crippen LogP contribution >= 0.6 is 0 Å². The average molecular weight is 277 g/mol. The van der Waals surface area contributed by atoms with Gasteiger partial charge in [-0.1, -0.05) is 6.92 Å². The zero-order valence-electron chi connectivity index (χ0n) is 9.76. The Hall–Kier alpha value is -1.45. The molecule has 1 unspecified atom stereocenters. The summed E-state index contributed by atoms with van der Waals surface area (Å²) in [5, 5.41) is 8.69. The molecule has 0 aromatic carbocycles. The Morgan fingerprint density at radius 2 is 2.11 bits per heavy atom. The topological polar surface area (TPSA) is 132 Å². The molecule has 1 heterocycles. The predicted molar refractivity (Wildman–Crippen MR) is 63.7 cm³/mol. The van der Waals surface area contributed by atoms with Gasteiger partial charge in [0, 0.05) is 19.3 Å². The molecule has 0 spiro atoms. The molecule has 0 saturated heterocycles. The quantitative estimate of drug-likeness (QED) is 0.495. The largest absolute Gasteiger partial charge is 0.396 e. The van der Waals surface area contributed by atoms with E-state index < -0.39 is 26.2 Å². The molecule has 0 aliphatic carbocycles. The van der Waals surface area contributed by atoms with Gasteiger partial charge in [0.25, 0.3) is 5.56 Å². The summed E-state index contributed by atoms with van der Waals surface area (Å²) in [6.07, 6.45) is 1.30. The highest BCUT2D eigenvalue weighted by Gasteiger charge is 2.19. The van der Waals surface area contributed by atoms with Gasteiger partial charge in [0.15, 0.2) is 4.90 Å². The predicted octanol–water partition coefficient (Wildman–Crippen LogP) is -1.64. The number of sulfonamides is 1. The maximum Gasteiger partial charge on any atom is 0.325 e.